The third kappa shape index (κ3) is 2.98. The summed E-state index contributed by atoms with van der Waals surface area (Å²) in [7, 11) is 1.56. The van der Waals surface area contributed by atoms with Crippen LogP contribution < -0.4 is 19.5 Å². The summed E-state index contributed by atoms with van der Waals surface area (Å²) in [6.45, 7) is 0. The molecule has 1 aromatic heterocycles. The molecule has 0 spiro atoms. The van der Waals surface area contributed by atoms with Gasteiger partial charge in [-0.15, -0.1) is 8.78 Å². The Kier molecular flexibility index (Phi) is 3.54. The number of nitrogens with zero attached hydrogens (tertiary/aromatic N) is 1. The Morgan fingerprint density at radius 1 is 1.08 bits per heavy atom. The number of methoxy groups -OCH3 is 1. The maximum atomic E-state index is 13.1. The lowest BCUT2D eigenvalue weighted by molar-refractivity contribution is -0.286. The van der Waals surface area contributed by atoms with E-state index in [4.69, 9.17) is 16.3 Å². The van der Waals surface area contributed by atoms with E-state index in [1.165, 1.54) is 12.1 Å². The molecule has 5 nitrogen and oxygen atoms in total. The van der Waals surface area contributed by atoms with Crippen molar-refractivity contribution in [2.75, 3.05) is 12.4 Å². The van der Waals surface area contributed by atoms with Crippen LogP contribution >= 0.6 is 11.6 Å². The van der Waals surface area contributed by atoms with Gasteiger partial charge in [0.2, 0.25) is 0 Å². The van der Waals surface area contributed by atoms with Gasteiger partial charge in [0, 0.05) is 23.2 Å². The average molecular weight is 365 g/mol. The summed E-state index contributed by atoms with van der Waals surface area (Å²) in [5.41, 5.74) is 1.12. The number of halogens is 3. The summed E-state index contributed by atoms with van der Waals surface area (Å²) in [6.07, 6.45) is -3.64. The maximum absolute atomic E-state index is 13.1. The summed E-state index contributed by atoms with van der Waals surface area (Å²) in [5.74, 6) is 1.08. The molecule has 25 heavy (non-hydrogen) atoms. The molecule has 0 atom stereocenters. The number of aromatic nitrogens is 1. The molecule has 8 heteroatoms. The van der Waals surface area contributed by atoms with Gasteiger partial charge in [-0.05, 0) is 30.3 Å². The van der Waals surface area contributed by atoms with E-state index in [1.807, 2.05) is 12.1 Å². The fraction of sp³-hybridized carbons (Fsp3) is 0.118. The third-order valence-corrected chi connectivity index (χ3v) is 3.92. The molecule has 4 rings (SSSR count). The van der Waals surface area contributed by atoms with E-state index in [0.29, 0.717) is 27.8 Å². The number of alkyl halides is 2. The lowest BCUT2D eigenvalue weighted by Gasteiger charge is -2.09. The summed E-state index contributed by atoms with van der Waals surface area (Å²) < 4.78 is 40.1. The largest absolute Gasteiger partial charge is 0.586 e. The molecule has 0 aliphatic carbocycles. The van der Waals surface area contributed by atoms with Crippen molar-refractivity contribution in [1.29, 1.82) is 0 Å². The van der Waals surface area contributed by atoms with Crippen LogP contribution in [0.4, 0.5) is 20.3 Å². The highest BCUT2D eigenvalue weighted by Gasteiger charge is 2.43. The van der Waals surface area contributed by atoms with Crippen LogP contribution in [0.3, 0.4) is 0 Å². The molecule has 128 valence electrons. The molecule has 1 N–H and O–H groups in total. The Hall–Kier alpha value is -2.80. The molecule has 2 heterocycles. The minimum atomic E-state index is -3.64. The minimum Gasteiger partial charge on any atom is -0.497 e. The van der Waals surface area contributed by atoms with Crippen molar-refractivity contribution in [2.45, 2.75) is 6.29 Å². The minimum absolute atomic E-state index is 0.0165. The Morgan fingerprint density at radius 3 is 2.68 bits per heavy atom. The average Bonchev–Trinajstić information content (AvgIpc) is 2.88. The standard InChI is InChI=1S/C17H11ClF2N2O3/c1-23-11-6-9-2-5-15(22-16(9)12(18)8-11)21-10-3-4-13-14(7-10)25-17(19,20)24-13/h2-8H,1H3,(H,21,22). The predicted molar refractivity (Wildman–Crippen MR) is 89.2 cm³/mol. The van der Waals surface area contributed by atoms with Gasteiger partial charge in [0.1, 0.15) is 11.6 Å². The number of pyridine rings is 1. The lowest BCUT2D eigenvalue weighted by atomic mass is 10.2. The van der Waals surface area contributed by atoms with Gasteiger partial charge >= 0.3 is 6.29 Å². The molecule has 0 saturated heterocycles. The van der Waals surface area contributed by atoms with Crippen LogP contribution in [0.15, 0.2) is 42.5 Å². The number of anilines is 2. The Morgan fingerprint density at radius 2 is 1.88 bits per heavy atom. The van der Waals surface area contributed by atoms with Gasteiger partial charge in [-0.3, -0.25) is 0 Å². The molecular weight excluding hydrogens is 354 g/mol. The van der Waals surface area contributed by atoms with Gasteiger partial charge in [0.25, 0.3) is 0 Å². The zero-order valence-electron chi connectivity index (χ0n) is 12.8. The molecule has 2 aromatic carbocycles. The van der Waals surface area contributed by atoms with E-state index in [0.717, 1.165) is 5.39 Å². The number of nitrogens with one attached hydrogen (secondary N) is 1. The summed E-state index contributed by atoms with van der Waals surface area (Å²) in [4.78, 5) is 4.45. The van der Waals surface area contributed by atoms with Crippen molar-refractivity contribution in [1.82, 2.24) is 4.98 Å². The van der Waals surface area contributed by atoms with Gasteiger partial charge in [-0.25, -0.2) is 4.98 Å². The predicted octanol–water partition coefficient (Wildman–Crippen LogP) is 4.96. The van der Waals surface area contributed by atoms with E-state index < -0.39 is 6.29 Å². The molecule has 0 unspecified atom stereocenters. The number of benzene rings is 2. The second kappa shape index (κ2) is 5.63. The van der Waals surface area contributed by atoms with Gasteiger partial charge in [-0.2, -0.15) is 0 Å². The monoisotopic (exact) mass is 364 g/mol. The van der Waals surface area contributed by atoms with Crippen LogP contribution in [0.5, 0.6) is 17.2 Å². The highest BCUT2D eigenvalue weighted by atomic mass is 35.5. The zero-order chi connectivity index (χ0) is 17.6. The van der Waals surface area contributed by atoms with Crippen LogP contribution in [0.2, 0.25) is 5.02 Å². The molecule has 1 aliphatic rings. The first-order valence-corrected chi connectivity index (χ1v) is 7.62. The first-order chi connectivity index (χ1) is 11.9. The molecular formula is C17H11ClF2N2O3. The van der Waals surface area contributed by atoms with Crippen LogP contribution in [0, 0.1) is 0 Å². The van der Waals surface area contributed by atoms with E-state index in [9.17, 15) is 8.78 Å². The molecule has 0 radical (unpaired) electrons. The third-order valence-electron chi connectivity index (χ3n) is 3.63. The Balaban J connectivity index is 1.64. The van der Waals surface area contributed by atoms with Crippen molar-refractivity contribution in [3.8, 4) is 17.2 Å². The zero-order valence-corrected chi connectivity index (χ0v) is 13.6. The highest BCUT2D eigenvalue weighted by Crippen LogP contribution is 2.42. The fourth-order valence-corrected chi connectivity index (χ4v) is 2.79. The number of hydrogen-bond acceptors (Lipinski definition) is 5. The number of hydrogen-bond donors (Lipinski definition) is 1. The summed E-state index contributed by atoms with van der Waals surface area (Å²) in [5, 5.41) is 4.29. The van der Waals surface area contributed by atoms with Crippen LogP contribution in [0.1, 0.15) is 0 Å². The lowest BCUT2D eigenvalue weighted by Crippen LogP contribution is -2.25. The first-order valence-electron chi connectivity index (χ1n) is 7.25. The van der Waals surface area contributed by atoms with Gasteiger partial charge in [0.15, 0.2) is 11.5 Å². The Labute approximate surface area is 146 Å². The van der Waals surface area contributed by atoms with E-state index in [1.54, 1.807) is 25.3 Å². The molecule has 0 amide bonds. The Bertz CT molecular complexity index is 982. The summed E-state index contributed by atoms with van der Waals surface area (Å²) >= 11 is 6.23. The SMILES string of the molecule is COc1cc(Cl)c2nc(Nc3ccc4c(c3)OC(F)(F)O4)ccc2c1. The van der Waals surface area contributed by atoms with Gasteiger partial charge in [-0.1, -0.05) is 11.6 Å². The first kappa shape index (κ1) is 15.7. The van der Waals surface area contributed by atoms with Gasteiger partial charge in [0.05, 0.1) is 17.6 Å². The number of rotatable bonds is 3. The molecule has 0 saturated carbocycles. The number of fused-ring (bicyclic) bond motifs is 2. The molecule has 0 bridgehead atoms. The van der Waals surface area contributed by atoms with Crippen molar-refractivity contribution in [3.63, 3.8) is 0 Å². The molecule has 3 aromatic rings. The van der Waals surface area contributed by atoms with Crippen LogP contribution in [-0.4, -0.2) is 18.4 Å². The van der Waals surface area contributed by atoms with Gasteiger partial charge < -0.3 is 19.5 Å². The number of ether oxygens (including phenoxy) is 3. The normalized spacial score (nSPS) is 14.6. The van der Waals surface area contributed by atoms with Crippen molar-refractivity contribution >= 4 is 34.0 Å². The van der Waals surface area contributed by atoms with E-state index in [2.05, 4.69) is 19.8 Å². The maximum Gasteiger partial charge on any atom is 0.586 e. The van der Waals surface area contributed by atoms with Crippen molar-refractivity contribution in [2.24, 2.45) is 0 Å². The second-order valence-corrected chi connectivity index (χ2v) is 5.74. The molecule has 0 fully saturated rings. The van der Waals surface area contributed by atoms with E-state index in [-0.39, 0.29) is 11.5 Å². The topological polar surface area (TPSA) is 52.6 Å². The van der Waals surface area contributed by atoms with E-state index >= 15 is 0 Å². The van der Waals surface area contributed by atoms with Crippen molar-refractivity contribution in [3.05, 3.63) is 47.5 Å². The quantitative estimate of drug-likeness (QED) is 0.711. The highest BCUT2D eigenvalue weighted by molar-refractivity contribution is 6.35. The summed E-state index contributed by atoms with van der Waals surface area (Å²) in [6, 6.07) is 11.5. The fourth-order valence-electron chi connectivity index (χ4n) is 2.53. The molecule has 1 aliphatic heterocycles. The second-order valence-electron chi connectivity index (χ2n) is 5.33. The van der Waals surface area contributed by atoms with Crippen LogP contribution in [-0.2, 0) is 0 Å². The van der Waals surface area contributed by atoms with Crippen LogP contribution in [0.25, 0.3) is 10.9 Å². The van der Waals surface area contributed by atoms with Crippen molar-refractivity contribution < 1.29 is 23.0 Å². The smallest absolute Gasteiger partial charge is 0.497 e.